The van der Waals surface area contributed by atoms with E-state index >= 15 is 0 Å². The number of hydrogen-bond acceptors (Lipinski definition) is 1. The Balaban J connectivity index is 1.79. The molecule has 1 N–H and O–H groups in total. The molecule has 0 unspecified atom stereocenters. The van der Waals surface area contributed by atoms with Gasteiger partial charge in [0.1, 0.15) is 0 Å². The van der Waals surface area contributed by atoms with Crippen molar-refractivity contribution in [1.82, 2.24) is 0 Å². The van der Waals surface area contributed by atoms with Gasteiger partial charge in [-0.15, -0.1) is 0 Å². The van der Waals surface area contributed by atoms with Gasteiger partial charge in [-0.2, -0.15) is 0 Å². The SMILES string of the molecule is CC(C)c1ccc2c(c1)[C@@H]1Cc3ccccc3[C@H]1N2. The maximum atomic E-state index is 3.72. The third kappa shape index (κ3) is 1.54. The van der Waals surface area contributed by atoms with Crippen LogP contribution in [-0.4, -0.2) is 0 Å². The zero-order valence-corrected chi connectivity index (χ0v) is 11.5. The van der Waals surface area contributed by atoms with Gasteiger partial charge < -0.3 is 5.32 Å². The predicted molar refractivity (Wildman–Crippen MR) is 79.8 cm³/mol. The molecule has 19 heavy (non-hydrogen) atoms. The Labute approximate surface area is 114 Å². The van der Waals surface area contributed by atoms with Gasteiger partial charge in [-0.1, -0.05) is 50.2 Å². The average molecular weight is 249 g/mol. The van der Waals surface area contributed by atoms with Gasteiger partial charge in [-0.3, -0.25) is 0 Å². The summed E-state index contributed by atoms with van der Waals surface area (Å²) in [5.74, 6) is 1.24. The zero-order chi connectivity index (χ0) is 13.0. The molecule has 1 aliphatic carbocycles. The van der Waals surface area contributed by atoms with Crippen LogP contribution in [0.5, 0.6) is 0 Å². The summed E-state index contributed by atoms with van der Waals surface area (Å²) in [5, 5.41) is 3.72. The zero-order valence-electron chi connectivity index (χ0n) is 11.5. The first-order chi connectivity index (χ1) is 9.24. The molecule has 2 atom stereocenters. The number of anilines is 1. The molecule has 2 aromatic rings. The van der Waals surface area contributed by atoms with Gasteiger partial charge in [0, 0.05) is 11.6 Å². The first kappa shape index (κ1) is 11.1. The van der Waals surface area contributed by atoms with E-state index in [1.807, 2.05) is 0 Å². The molecule has 1 nitrogen and oxygen atoms in total. The van der Waals surface area contributed by atoms with Crippen LogP contribution in [0.2, 0.25) is 0 Å². The van der Waals surface area contributed by atoms with Crippen molar-refractivity contribution in [2.45, 2.75) is 38.1 Å². The van der Waals surface area contributed by atoms with Crippen molar-refractivity contribution >= 4 is 5.69 Å². The molecule has 0 spiro atoms. The lowest BCUT2D eigenvalue weighted by Crippen LogP contribution is -2.05. The first-order valence-corrected chi connectivity index (χ1v) is 7.22. The Hall–Kier alpha value is -1.76. The molecule has 0 bridgehead atoms. The molecule has 4 rings (SSSR count). The van der Waals surface area contributed by atoms with E-state index in [2.05, 4.69) is 61.6 Å². The Kier molecular flexibility index (Phi) is 2.26. The lowest BCUT2D eigenvalue weighted by atomic mass is 9.92. The molecule has 1 heteroatoms. The minimum atomic E-state index is 0.494. The van der Waals surface area contributed by atoms with Crippen molar-refractivity contribution in [3.63, 3.8) is 0 Å². The van der Waals surface area contributed by atoms with Gasteiger partial charge in [-0.25, -0.2) is 0 Å². The normalized spacial score (nSPS) is 22.9. The van der Waals surface area contributed by atoms with Crippen LogP contribution < -0.4 is 5.32 Å². The van der Waals surface area contributed by atoms with Crippen LogP contribution in [0.4, 0.5) is 5.69 Å². The van der Waals surface area contributed by atoms with Crippen molar-refractivity contribution in [1.29, 1.82) is 0 Å². The second kappa shape index (κ2) is 3.86. The lowest BCUT2D eigenvalue weighted by molar-refractivity contribution is 0.675. The maximum Gasteiger partial charge on any atom is 0.0589 e. The minimum absolute atomic E-state index is 0.494. The average Bonchev–Trinajstić information content (AvgIpc) is 2.94. The van der Waals surface area contributed by atoms with Crippen LogP contribution in [0.15, 0.2) is 42.5 Å². The summed E-state index contributed by atoms with van der Waals surface area (Å²) in [6.45, 7) is 4.54. The van der Waals surface area contributed by atoms with E-state index in [-0.39, 0.29) is 0 Å². The van der Waals surface area contributed by atoms with E-state index in [1.54, 1.807) is 0 Å². The Morgan fingerprint density at radius 1 is 1.05 bits per heavy atom. The van der Waals surface area contributed by atoms with Crippen molar-refractivity contribution in [2.24, 2.45) is 0 Å². The number of nitrogens with one attached hydrogen (secondary N) is 1. The van der Waals surface area contributed by atoms with Gasteiger partial charge in [0.05, 0.1) is 6.04 Å². The highest BCUT2D eigenvalue weighted by Crippen LogP contribution is 2.51. The highest BCUT2D eigenvalue weighted by molar-refractivity contribution is 5.65. The lowest BCUT2D eigenvalue weighted by Gasteiger charge is -2.11. The van der Waals surface area contributed by atoms with E-state index in [9.17, 15) is 0 Å². The molecule has 0 radical (unpaired) electrons. The molecule has 0 aromatic heterocycles. The van der Waals surface area contributed by atoms with Crippen LogP contribution in [0, 0.1) is 0 Å². The largest absolute Gasteiger partial charge is 0.377 e. The van der Waals surface area contributed by atoms with E-state index in [0.29, 0.717) is 17.9 Å². The summed E-state index contributed by atoms with van der Waals surface area (Å²) in [6.07, 6.45) is 1.18. The second-order valence-corrected chi connectivity index (χ2v) is 6.13. The Bertz CT molecular complexity index is 642. The molecule has 1 aliphatic heterocycles. The summed E-state index contributed by atoms with van der Waals surface area (Å²) in [4.78, 5) is 0. The monoisotopic (exact) mass is 249 g/mol. The number of fused-ring (bicyclic) bond motifs is 5. The van der Waals surface area contributed by atoms with Crippen molar-refractivity contribution in [2.75, 3.05) is 5.32 Å². The summed E-state index contributed by atoms with van der Waals surface area (Å²) in [5.41, 5.74) is 7.33. The molecular weight excluding hydrogens is 230 g/mol. The third-order valence-electron chi connectivity index (χ3n) is 4.69. The summed E-state index contributed by atoms with van der Waals surface area (Å²) >= 11 is 0. The quantitative estimate of drug-likeness (QED) is 0.777. The van der Waals surface area contributed by atoms with Crippen LogP contribution in [-0.2, 0) is 6.42 Å². The van der Waals surface area contributed by atoms with Gasteiger partial charge in [0.25, 0.3) is 0 Å². The molecule has 0 fully saturated rings. The second-order valence-electron chi connectivity index (χ2n) is 6.13. The van der Waals surface area contributed by atoms with Crippen LogP contribution in [0.1, 0.15) is 54.0 Å². The fourth-order valence-corrected chi connectivity index (χ4v) is 3.61. The molecule has 2 aromatic carbocycles. The van der Waals surface area contributed by atoms with Crippen LogP contribution in [0.25, 0.3) is 0 Å². The molecule has 1 heterocycles. The first-order valence-electron chi connectivity index (χ1n) is 7.22. The van der Waals surface area contributed by atoms with Crippen molar-refractivity contribution in [3.05, 3.63) is 64.7 Å². The molecule has 0 saturated heterocycles. The molecule has 2 aliphatic rings. The Morgan fingerprint density at radius 2 is 1.89 bits per heavy atom. The smallest absolute Gasteiger partial charge is 0.0589 e. The highest BCUT2D eigenvalue weighted by Gasteiger charge is 2.39. The topological polar surface area (TPSA) is 12.0 Å². The Morgan fingerprint density at radius 3 is 2.74 bits per heavy atom. The van der Waals surface area contributed by atoms with E-state index in [4.69, 9.17) is 0 Å². The maximum absolute atomic E-state index is 3.72. The van der Waals surface area contributed by atoms with Gasteiger partial charge in [0.2, 0.25) is 0 Å². The molecule has 0 saturated carbocycles. The predicted octanol–water partition coefficient (Wildman–Crippen LogP) is 4.62. The van der Waals surface area contributed by atoms with Crippen molar-refractivity contribution < 1.29 is 0 Å². The third-order valence-corrected chi connectivity index (χ3v) is 4.69. The standard InChI is InChI=1S/C18H19N/c1-11(2)12-7-8-17-15(9-12)16-10-13-5-3-4-6-14(13)18(16)19-17/h3-9,11,16,18-19H,10H2,1-2H3/t16-,18+/m0/s1. The number of hydrogen-bond donors (Lipinski definition) is 1. The van der Waals surface area contributed by atoms with E-state index in [0.717, 1.165) is 0 Å². The molecule has 0 amide bonds. The summed E-state index contributed by atoms with van der Waals surface area (Å²) in [7, 11) is 0. The minimum Gasteiger partial charge on any atom is -0.377 e. The van der Waals surface area contributed by atoms with Crippen LogP contribution in [0.3, 0.4) is 0 Å². The summed E-state index contributed by atoms with van der Waals surface area (Å²) < 4.78 is 0. The van der Waals surface area contributed by atoms with Gasteiger partial charge in [-0.05, 0) is 40.7 Å². The summed E-state index contributed by atoms with van der Waals surface area (Å²) in [6, 6.07) is 16.3. The fourth-order valence-electron chi connectivity index (χ4n) is 3.61. The van der Waals surface area contributed by atoms with E-state index < -0.39 is 0 Å². The fraction of sp³-hybridized carbons (Fsp3) is 0.333. The van der Waals surface area contributed by atoms with E-state index in [1.165, 1.54) is 34.4 Å². The molecular formula is C18H19N. The van der Waals surface area contributed by atoms with Gasteiger partial charge in [0.15, 0.2) is 0 Å². The highest BCUT2D eigenvalue weighted by atomic mass is 15.0. The number of rotatable bonds is 1. The van der Waals surface area contributed by atoms with Gasteiger partial charge >= 0.3 is 0 Å². The molecule has 96 valence electrons. The van der Waals surface area contributed by atoms with Crippen LogP contribution >= 0.6 is 0 Å². The van der Waals surface area contributed by atoms with Crippen molar-refractivity contribution in [3.8, 4) is 0 Å². The number of benzene rings is 2.